The number of hydrogen-bond acceptors (Lipinski definition) is 3. The van der Waals surface area contributed by atoms with E-state index >= 15 is 0 Å². The fraction of sp³-hybridized carbons (Fsp3) is 0. The summed E-state index contributed by atoms with van der Waals surface area (Å²) in [6.45, 7) is 0. The summed E-state index contributed by atoms with van der Waals surface area (Å²) in [7, 11) is 0. The fourth-order valence-corrected chi connectivity index (χ4v) is 8.73. The Bertz CT molecular complexity index is 2410. The van der Waals surface area contributed by atoms with Crippen molar-refractivity contribution in [2.75, 3.05) is 4.90 Å². The largest absolute Gasteiger partial charge is 0.310 e. The standard InChI is InChI=1S/C46H31NS2/c1-3-11-32(12-4-1)43-27-29-45(48-43)34-19-23-37(24-20-34)47(42-31-36-15-7-8-16-39(36)40-17-9-10-18-41(40)42)38-25-21-35(22-26-38)46-30-28-44(49-46)33-13-5-2-6-14-33/h1-31H. The van der Waals surface area contributed by atoms with E-state index in [-0.39, 0.29) is 0 Å². The van der Waals surface area contributed by atoms with Crippen molar-refractivity contribution in [2.24, 2.45) is 0 Å². The molecule has 0 aliphatic rings. The van der Waals surface area contributed by atoms with Crippen LogP contribution in [-0.2, 0) is 0 Å². The SMILES string of the molecule is c1ccc(-c2ccc(-c3ccc(N(c4ccc(-c5ccc(-c6ccccc6)s5)cc4)c4cc5ccccc5c5ccccc45)cc3)s2)cc1. The van der Waals surface area contributed by atoms with Gasteiger partial charge in [-0.05, 0) is 93.0 Å². The Morgan fingerprint density at radius 1 is 0.306 bits per heavy atom. The molecule has 2 heterocycles. The molecule has 0 saturated heterocycles. The van der Waals surface area contributed by atoms with Crippen LogP contribution in [0.25, 0.3) is 63.3 Å². The summed E-state index contributed by atoms with van der Waals surface area (Å²) in [4.78, 5) is 7.51. The fourth-order valence-electron chi connectivity index (χ4n) is 6.70. The molecule has 0 bridgehead atoms. The second-order valence-corrected chi connectivity index (χ2v) is 14.3. The second kappa shape index (κ2) is 12.7. The van der Waals surface area contributed by atoms with Gasteiger partial charge in [0, 0.05) is 36.3 Å². The molecular weight excluding hydrogens is 631 g/mol. The number of rotatable bonds is 7. The molecule has 2 aromatic heterocycles. The van der Waals surface area contributed by atoms with Gasteiger partial charge in [0.2, 0.25) is 0 Å². The highest BCUT2D eigenvalue weighted by Gasteiger charge is 2.18. The Labute approximate surface area is 294 Å². The molecule has 0 radical (unpaired) electrons. The second-order valence-electron chi connectivity index (χ2n) is 12.2. The highest BCUT2D eigenvalue weighted by Crippen LogP contribution is 2.44. The minimum absolute atomic E-state index is 1.12. The van der Waals surface area contributed by atoms with Crippen molar-refractivity contribution < 1.29 is 0 Å². The molecule has 0 N–H and O–H groups in total. The summed E-state index contributed by atoms with van der Waals surface area (Å²) in [6, 6.07) is 68.1. The van der Waals surface area contributed by atoms with Crippen LogP contribution in [0.2, 0.25) is 0 Å². The van der Waals surface area contributed by atoms with E-state index in [1.54, 1.807) is 0 Å². The van der Waals surface area contributed by atoms with Gasteiger partial charge in [-0.3, -0.25) is 0 Å². The number of fused-ring (bicyclic) bond motifs is 3. The first-order valence-electron chi connectivity index (χ1n) is 16.5. The Balaban J connectivity index is 1.13. The molecule has 0 fully saturated rings. The van der Waals surface area contributed by atoms with Crippen molar-refractivity contribution in [1.29, 1.82) is 0 Å². The predicted molar refractivity (Wildman–Crippen MR) is 214 cm³/mol. The molecule has 1 nitrogen and oxygen atoms in total. The van der Waals surface area contributed by atoms with Gasteiger partial charge in [-0.25, -0.2) is 0 Å². The van der Waals surface area contributed by atoms with E-state index in [9.17, 15) is 0 Å². The highest BCUT2D eigenvalue weighted by atomic mass is 32.1. The molecule has 0 atom stereocenters. The van der Waals surface area contributed by atoms with Crippen molar-refractivity contribution in [3.63, 3.8) is 0 Å². The number of hydrogen-bond donors (Lipinski definition) is 0. The maximum atomic E-state index is 2.41. The Morgan fingerprint density at radius 3 is 1.18 bits per heavy atom. The zero-order valence-electron chi connectivity index (χ0n) is 26.7. The maximum Gasteiger partial charge on any atom is 0.0546 e. The van der Waals surface area contributed by atoms with E-state index in [4.69, 9.17) is 0 Å². The lowest BCUT2D eigenvalue weighted by Crippen LogP contribution is -2.10. The summed E-state index contributed by atoms with van der Waals surface area (Å²) in [5, 5.41) is 4.98. The lowest BCUT2D eigenvalue weighted by molar-refractivity contribution is 1.30. The van der Waals surface area contributed by atoms with Crippen molar-refractivity contribution in [3.05, 3.63) is 188 Å². The third-order valence-corrected chi connectivity index (χ3v) is 11.5. The van der Waals surface area contributed by atoms with E-state index in [2.05, 4.69) is 193 Å². The Hall–Kier alpha value is -5.74. The average molecular weight is 662 g/mol. The number of benzene rings is 7. The van der Waals surface area contributed by atoms with Crippen LogP contribution in [0.4, 0.5) is 17.1 Å². The maximum absolute atomic E-state index is 2.41. The minimum Gasteiger partial charge on any atom is -0.310 e. The number of thiophene rings is 2. The van der Waals surface area contributed by atoms with E-state index in [0.717, 1.165) is 11.4 Å². The van der Waals surface area contributed by atoms with Gasteiger partial charge < -0.3 is 4.90 Å². The first-order valence-corrected chi connectivity index (χ1v) is 18.1. The molecule has 0 aliphatic heterocycles. The third kappa shape index (κ3) is 5.63. The highest BCUT2D eigenvalue weighted by molar-refractivity contribution is 7.19. The van der Waals surface area contributed by atoms with Crippen LogP contribution < -0.4 is 4.90 Å². The average Bonchev–Trinajstić information content (AvgIpc) is 3.88. The van der Waals surface area contributed by atoms with Gasteiger partial charge in [-0.2, -0.15) is 0 Å². The van der Waals surface area contributed by atoms with Gasteiger partial charge in [-0.1, -0.05) is 133 Å². The molecule has 0 aliphatic carbocycles. The topological polar surface area (TPSA) is 3.24 Å². The monoisotopic (exact) mass is 661 g/mol. The van der Waals surface area contributed by atoms with Crippen molar-refractivity contribution in [1.82, 2.24) is 0 Å². The summed E-state index contributed by atoms with van der Waals surface area (Å²) < 4.78 is 0. The van der Waals surface area contributed by atoms with Crippen LogP contribution in [-0.4, -0.2) is 0 Å². The zero-order chi connectivity index (χ0) is 32.6. The first-order chi connectivity index (χ1) is 24.3. The van der Waals surface area contributed by atoms with E-state index in [0.29, 0.717) is 0 Å². The molecule has 9 aromatic rings. The molecule has 0 saturated carbocycles. The summed E-state index contributed by atoms with van der Waals surface area (Å²) in [5.41, 5.74) is 8.38. The number of nitrogens with zero attached hydrogens (tertiary/aromatic N) is 1. The van der Waals surface area contributed by atoms with E-state index < -0.39 is 0 Å². The van der Waals surface area contributed by atoms with Crippen LogP contribution in [0.1, 0.15) is 0 Å². The molecule has 9 rings (SSSR count). The molecule has 232 valence electrons. The molecule has 49 heavy (non-hydrogen) atoms. The summed E-state index contributed by atoms with van der Waals surface area (Å²) in [5.74, 6) is 0. The molecule has 7 aromatic carbocycles. The van der Waals surface area contributed by atoms with Crippen LogP contribution in [0.5, 0.6) is 0 Å². The van der Waals surface area contributed by atoms with Gasteiger partial charge in [0.05, 0.1) is 5.69 Å². The van der Waals surface area contributed by atoms with E-state index in [1.807, 2.05) is 22.7 Å². The van der Waals surface area contributed by atoms with Gasteiger partial charge in [0.25, 0.3) is 0 Å². The predicted octanol–water partition coefficient (Wildman–Crippen LogP) is 14.3. The van der Waals surface area contributed by atoms with E-state index in [1.165, 1.54) is 69.0 Å². The lowest BCUT2D eigenvalue weighted by Gasteiger charge is -2.28. The first kappa shape index (κ1) is 29.4. The van der Waals surface area contributed by atoms with Crippen LogP contribution in [0.15, 0.2) is 188 Å². The molecule has 3 heteroatoms. The lowest BCUT2D eigenvalue weighted by atomic mass is 9.99. The summed E-state index contributed by atoms with van der Waals surface area (Å²) in [6.07, 6.45) is 0. The Kier molecular flexibility index (Phi) is 7.62. The summed E-state index contributed by atoms with van der Waals surface area (Å²) >= 11 is 3.67. The number of anilines is 3. The van der Waals surface area contributed by atoms with Crippen molar-refractivity contribution in [3.8, 4) is 41.8 Å². The van der Waals surface area contributed by atoms with Gasteiger partial charge in [0.15, 0.2) is 0 Å². The molecular formula is C46H31NS2. The van der Waals surface area contributed by atoms with Crippen LogP contribution in [0.3, 0.4) is 0 Å². The quantitative estimate of drug-likeness (QED) is 0.154. The van der Waals surface area contributed by atoms with Crippen LogP contribution >= 0.6 is 22.7 Å². The molecule has 0 spiro atoms. The van der Waals surface area contributed by atoms with Gasteiger partial charge in [0.1, 0.15) is 0 Å². The molecule has 0 unspecified atom stereocenters. The Morgan fingerprint density at radius 2 is 0.694 bits per heavy atom. The van der Waals surface area contributed by atoms with Gasteiger partial charge in [-0.15, -0.1) is 22.7 Å². The van der Waals surface area contributed by atoms with Gasteiger partial charge >= 0.3 is 0 Å². The minimum atomic E-state index is 1.12. The third-order valence-electron chi connectivity index (χ3n) is 9.14. The van der Waals surface area contributed by atoms with Crippen molar-refractivity contribution >= 4 is 61.3 Å². The zero-order valence-corrected chi connectivity index (χ0v) is 28.3. The normalized spacial score (nSPS) is 11.3. The molecule has 0 amide bonds. The van der Waals surface area contributed by atoms with Crippen molar-refractivity contribution in [2.45, 2.75) is 0 Å². The van der Waals surface area contributed by atoms with Crippen LogP contribution in [0, 0.1) is 0 Å². The smallest absolute Gasteiger partial charge is 0.0546 e.